The maximum atomic E-state index is 12.1. The lowest BCUT2D eigenvalue weighted by atomic mass is 10.2. The van der Waals surface area contributed by atoms with Crippen molar-refractivity contribution in [3.63, 3.8) is 0 Å². The molecule has 0 unspecified atom stereocenters. The molecule has 0 radical (unpaired) electrons. The average molecular weight is 362 g/mol. The number of aryl methyl sites for hydroxylation is 1. The Kier molecular flexibility index (Phi) is 7.28. The molecule has 2 rings (SSSR count). The SMILES string of the molecule is CCOc1ccc(C(=O)NNC(=O)CCCc2cccs2)cc1OC. The van der Waals surface area contributed by atoms with Crippen molar-refractivity contribution in [2.45, 2.75) is 26.2 Å². The highest BCUT2D eigenvalue weighted by Gasteiger charge is 2.12. The smallest absolute Gasteiger partial charge is 0.269 e. The summed E-state index contributed by atoms with van der Waals surface area (Å²) < 4.78 is 10.6. The number of hydrogen-bond donors (Lipinski definition) is 2. The fraction of sp³-hybridized carbons (Fsp3) is 0.333. The summed E-state index contributed by atoms with van der Waals surface area (Å²) in [5.41, 5.74) is 5.22. The first-order chi connectivity index (χ1) is 12.1. The van der Waals surface area contributed by atoms with Crippen LogP contribution in [-0.2, 0) is 11.2 Å². The second-order valence-electron chi connectivity index (χ2n) is 5.23. The van der Waals surface area contributed by atoms with Crippen molar-refractivity contribution in [3.8, 4) is 11.5 Å². The van der Waals surface area contributed by atoms with Crippen LogP contribution in [0.4, 0.5) is 0 Å². The van der Waals surface area contributed by atoms with Crippen LogP contribution in [0.3, 0.4) is 0 Å². The standard InChI is InChI=1S/C18H22N2O4S/c1-3-24-15-10-9-13(12-16(15)23-2)18(22)20-19-17(21)8-4-6-14-7-5-11-25-14/h5,7,9-12H,3-4,6,8H2,1-2H3,(H,19,21)(H,20,22). The lowest BCUT2D eigenvalue weighted by Crippen LogP contribution is -2.41. The molecular formula is C18H22N2O4S. The normalized spacial score (nSPS) is 10.2. The van der Waals surface area contributed by atoms with Gasteiger partial charge in [-0.3, -0.25) is 20.4 Å². The minimum atomic E-state index is -0.409. The van der Waals surface area contributed by atoms with Crippen LogP contribution in [0.1, 0.15) is 35.0 Å². The Morgan fingerprint density at radius 1 is 1.16 bits per heavy atom. The van der Waals surface area contributed by atoms with E-state index in [4.69, 9.17) is 9.47 Å². The van der Waals surface area contributed by atoms with Gasteiger partial charge in [0.05, 0.1) is 13.7 Å². The quantitative estimate of drug-likeness (QED) is 0.708. The molecule has 134 valence electrons. The molecule has 2 N–H and O–H groups in total. The zero-order chi connectivity index (χ0) is 18.1. The Labute approximate surface area is 151 Å². The number of nitrogens with one attached hydrogen (secondary N) is 2. The van der Waals surface area contributed by atoms with E-state index >= 15 is 0 Å². The summed E-state index contributed by atoms with van der Waals surface area (Å²) in [7, 11) is 1.51. The summed E-state index contributed by atoms with van der Waals surface area (Å²) in [5, 5.41) is 2.01. The second kappa shape index (κ2) is 9.68. The highest BCUT2D eigenvalue weighted by atomic mass is 32.1. The van der Waals surface area contributed by atoms with E-state index in [-0.39, 0.29) is 5.91 Å². The minimum Gasteiger partial charge on any atom is -0.493 e. The number of ether oxygens (including phenoxy) is 2. The molecule has 6 nitrogen and oxygen atoms in total. The van der Waals surface area contributed by atoms with Crippen LogP contribution in [0.5, 0.6) is 11.5 Å². The topological polar surface area (TPSA) is 76.7 Å². The van der Waals surface area contributed by atoms with Crippen molar-refractivity contribution in [1.29, 1.82) is 0 Å². The molecule has 25 heavy (non-hydrogen) atoms. The van der Waals surface area contributed by atoms with Crippen LogP contribution in [0, 0.1) is 0 Å². The van der Waals surface area contributed by atoms with E-state index < -0.39 is 5.91 Å². The highest BCUT2D eigenvalue weighted by molar-refractivity contribution is 7.09. The maximum absolute atomic E-state index is 12.1. The van der Waals surface area contributed by atoms with Crippen LogP contribution < -0.4 is 20.3 Å². The number of hydrazine groups is 1. The lowest BCUT2D eigenvalue weighted by molar-refractivity contribution is -0.121. The van der Waals surface area contributed by atoms with E-state index in [1.807, 2.05) is 24.4 Å². The van der Waals surface area contributed by atoms with Crippen molar-refractivity contribution >= 4 is 23.2 Å². The van der Waals surface area contributed by atoms with E-state index in [1.165, 1.54) is 12.0 Å². The first-order valence-corrected chi connectivity index (χ1v) is 8.94. The number of carbonyl (C=O) groups excluding carboxylic acids is 2. The molecule has 2 amide bonds. The molecule has 0 aliphatic rings. The maximum Gasteiger partial charge on any atom is 0.269 e. The number of thiophene rings is 1. The van der Waals surface area contributed by atoms with Crippen molar-refractivity contribution in [1.82, 2.24) is 10.9 Å². The first kappa shape index (κ1) is 18.8. The van der Waals surface area contributed by atoms with Gasteiger partial charge in [0, 0.05) is 16.9 Å². The van der Waals surface area contributed by atoms with Crippen LogP contribution >= 0.6 is 11.3 Å². The predicted octanol–water partition coefficient (Wildman–Crippen LogP) is 2.94. The van der Waals surface area contributed by atoms with Gasteiger partial charge in [0.25, 0.3) is 5.91 Å². The molecule has 0 aliphatic heterocycles. The van der Waals surface area contributed by atoms with Crippen molar-refractivity contribution in [2.75, 3.05) is 13.7 Å². The fourth-order valence-electron chi connectivity index (χ4n) is 2.22. The number of benzene rings is 1. The number of carbonyl (C=O) groups is 2. The third-order valence-electron chi connectivity index (χ3n) is 3.45. The van der Waals surface area contributed by atoms with Gasteiger partial charge in [0.2, 0.25) is 5.91 Å². The van der Waals surface area contributed by atoms with E-state index in [0.29, 0.717) is 30.1 Å². The lowest BCUT2D eigenvalue weighted by Gasteiger charge is -2.11. The molecule has 0 bridgehead atoms. The predicted molar refractivity (Wildman–Crippen MR) is 97.0 cm³/mol. The zero-order valence-electron chi connectivity index (χ0n) is 14.3. The van der Waals surface area contributed by atoms with Crippen LogP contribution in [0.15, 0.2) is 35.7 Å². The molecule has 0 fully saturated rings. The Morgan fingerprint density at radius 2 is 2.00 bits per heavy atom. The average Bonchev–Trinajstić information content (AvgIpc) is 3.13. The van der Waals surface area contributed by atoms with Crippen LogP contribution in [0.2, 0.25) is 0 Å². The van der Waals surface area contributed by atoms with Gasteiger partial charge in [-0.1, -0.05) is 6.07 Å². The first-order valence-electron chi connectivity index (χ1n) is 8.06. The van der Waals surface area contributed by atoms with Gasteiger partial charge in [0.1, 0.15) is 0 Å². The molecular weight excluding hydrogens is 340 g/mol. The Bertz CT molecular complexity index is 701. The third kappa shape index (κ3) is 5.79. The van der Waals surface area contributed by atoms with Gasteiger partial charge in [-0.25, -0.2) is 0 Å². The molecule has 0 saturated carbocycles. The largest absolute Gasteiger partial charge is 0.493 e. The van der Waals surface area contributed by atoms with E-state index in [9.17, 15) is 9.59 Å². The van der Waals surface area contributed by atoms with E-state index in [2.05, 4.69) is 10.9 Å². The molecule has 1 aromatic heterocycles. The summed E-state index contributed by atoms with van der Waals surface area (Å²) in [5.74, 6) is 0.409. The van der Waals surface area contributed by atoms with Gasteiger partial charge in [0.15, 0.2) is 11.5 Å². The molecule has 2 aromatic rings. The van der Waals surface area contributed by atoms with Gasteiger partial charge in [-0.05, 0) is 49.4 Å². The van der Waals surface area contributed by atoms with Gasteiger partial charge < -0.3 is 9.47 Å². The Balaban J connectivity index is 1.79. The van der Waals surface area contributed by atoms with Crippen molar-refractivity contribution in [3.05, 3.63) is 46.2 Å². The molecule has 0 saturated heterocycles. The molecule has 0 aliphatic carbocycles. The summed E-state index contributed by atoms with van der Waals surface area (Å²) in [4.78, 5) is 25.2. The summed E-state index contributed by atoms with van der Waals surface area (Å²) in [6, 6.07) is 8.89. The summed E-state index contributed by atoms with van der Waals surface area (Å²) in [6.45, 7) is 2.37. The number of rotatable bonds is 8. The highest BCUT2D eigenvalue weighted by Crippen LogP contribution is 2.27. The van der Waals surface area contributed by atoms with Gasteiger partial charge >= 0.3 is 0 Å². The minimum absolute atomic E-state index is 0.220. The summed E-state index contributed by atoms with van der Waals surface area (Å²) >= 11 is 1.67. The monoisotopic (exact) mass is 362 g/mol. The van der Waals surface area contributed by atoms with E-state index in [1.54, 1.807) is 29.5 Å². The zero-order valence-corrected chi connectivity index (χ0v) is 15.2. The van der Waals surface area contributed by atoms with E-state index in [0.717, 1.165) is 12.8 Å². The molecule has 1 heterocycles. The van der Waals surface area contributed by atoms with Crippen LogP contribution in [-0.4, -0.2) is 25.5 Å². The number of hydrogen-bond acceptors (Lipinski definition) is 5. The van der Waals surface area contributed by atoms with Gasteiger partial charge in [-0.15, -0.1) is 11.3 Å². The molecule has 0 atom stereocenters. The van der Waals surface area contributed by atoms with Crippen molar-refractivity contribution in [2.24, 2.45) is 0 Å². The number of amides is 2. The van der Waals surface area contributed by atoms with Gasteiger partial charge in [-0.2, -0.15) is 0 Å². The third-order valence-corrected chi connectivity index (χ3v) is 4.38. The number of methoxy groups -OCH3 is 1. The fourth-order valence-corrected chi connectivity index (χ4v) is 2.97. The Morgan fingerprint density at radius 3 is 2.68 bits per heavy atom. The molecule has 0 spiro atoms. The Hall–Kier alpha value is -2.54. The summed E-state index contributed by atoms with van der Waals surface area (Å²) in [6.07, 6.45) is 1.94. The van der Waals surface area contributed by atoms with Crippen LogP contribution in [0.25, 0.3) is 0 Å². The van der Waals surface area contributed by atoms with Crippen molar-refractivity contribution < 1.29 is 19.1 Å². The molecule has 1 aromatic carbocycles. The second-order valence-corrected chi connectivity index (χ2v) is 6.27. The molecule has 7 heteroatoms.